The molecule has 6 heteroatoms. The number of rotatable bonds is 9. The maximum Gasteiger partial charge on any atom is 0.336 e. The number of aryl methyl sites for hydroxylation is 1. The molecule has 6 nitrogen and oxygen atoms in total. The lowest BCUT2D eigenvalue weighted by molar-refractivity contribution is 0.0697. The van der Waals surface area contributed by atoms with E-state index in [0.29, 0.717) is 29.3 Å². The molecule has 0 saturated heterocycles. The van der Waals surface area contributed by atoms with Gasteiger partial charge in [0, 0.05) is 28.7 Å². The van der Waals surface area contributed by atoms with Gasteiger partial charge in [0.25, 0.3) is 5.91 Å². The van der Waals surface area contributed by atoms with E-state index in [9.17, 15) is 14.7 Å². The third-order valence-corrected chi connectivity index (χ3v) is 8.20. The van der Waals surface area contributed by atoms with Crippen molar-refractivity contribution in [2.75, 3.05) is 0 Å². The van der Waals surface area contributed by atoms with Crippen molar-refractivity contribution in [1.29, 1.82) is 0 Å². The number of carbonyl (C=O) groups is 2. The van der Waals surface area contributed by atoms with Gasteiger partial charge in [0.05, 0.1) is 17.7 Å². The van der Waals surface area contributed by atoms with Crippen molar-refractivity contribution in [3.63, 3.8) is 0 Å². The highest BCUT2D eigenvalue weighted by Gasteiger charge is 2.24. The van der Waals surface area contributed by atoms with E-state index < -0.39 is 5.97 Å². The molecule has 0 radical (unpaired) electrons. The number of fused-ring (bicyclic) bond motifs is 1. The molecule has 1 aliphatic carbocycles. The molecule has 212 valence electrons. The first-order chi connectivity index (χ1) is 20.3. The molecule has 5 aromatic rings. The van der Waals surface area contributed by atoms with Crippen LogP contribution >= 0.6 is 0 Å². The van der Waals surface area contributed by atoms with Crippen LogP contribution in [0.1, 0.15) is 68.9 Å². The minimum atomic E-state index is -0.935. The van der Waals surface area contributed by atoms with Gasteiger partial charge in [-0.05, 0) is 97.8 Å². The molecule has 1 fully saturated rings. The second kappa shape index (κ2) is 11.2. The lowest BCUT2D eigenvalue weighted by atomic mass is 9.99. The normalized spacial score (nSPS) is 13.6. The Balaban J connectivity index is 1.20. The zero-order chi connectivity index (χ0) is 29.4. The smallest absolute Gasteiger partial charge is 0.336 e. The Labute approximate surface area is 245 Å². The van der Waals surface area contributed by atoms with Crippen molar-refractivity contribution in [3.8, 4) is 16.9 Å². The van der Waals surface area contributed by atoms with Gasteiger partial charge in [-0.1, -0.05) is 54.6 Å². The molecule has 1 atom stereocenters. The van der Waals surface area contributed by atoms with E-state index in [0.717, 1.165) is 57.4 Å². The summed E-state index contributed by atoms with van der Waals surface area (Å²) in [4.78, 5) is 24.9. The largest absolute Gasteiger partial charge is 0.490 e. The zero-order valence-electron chi connectivity index (χ0n) is 24.1. The first-order valence-electron chi connectivity index (χ1n) is 14.4. The Bertz CT molecular complexity index is 1800. The summed E-state index contributed by atoms with van der Waals surface area (Å²) in [6.45, 7) is 6.85. The fourth-order valence-corrected chi connectivity index (χ4v) is 5.49. The molecular formula is C36H34N2O4. The summed E-state index contributed by atoms with van der Waals surface area (Å²) in [7, 11) is 0. The lowest BCUT2D eigenvalue weighted by Crippen LogP contribution is -2.26. The fourth-order valence-electron chi connectivity index (χ4n) is 5.49. The summed E-state index contributed by atoms with van der Waals surface area (Å²) in [5.41, 5.74) is 7.96. The first kappa shape index (κ1) is 27.3. The van der Waals surface area contributed by atoms with Crippen molar-refractivity contribution >= 4 is 22.8 Å². The highest BCUT2D eigenvalue weighted by Crippen LogP contribution is 2.30. The summed E-state index contributed by atoms with van der Waals surface area (Å²) >= 11 is 0. The maximum atomic E-state index is 13.3. The van der Waals surface area contributed by atoms with Gasteiger partial charge in [-0.15, -0.1) is 0 Å². The molecule has 2 N–H and O–H groups in total. The number of aromatic carboxylic acids is 1. The van der Waals surface area contributed by atoms with Gasteiger partial charge in [0.2, 0.25) is 0 Å². The minimum Gasteiger partial charge on any atom is -0.490 e. The highest BCUT2D eigenvalue weighted by atomic mass is 16.5. The number of hydrogen-bond acceptors (Lipinski definition) is 3. The molecule has 6 rings (SSSR count). The standard InChI is InChI=1S/C36H34N2O4/c1-22-24(3)38(21-25-11-13-26(14-12-25)31-9-4-5-10-32(31)36(40)41)34-18-15-28(20-33(22)34)35(39)37-23(2)27-7-6-8-30(19-27)42-29-16-17-29/h4-15,18-20,23,29H,16-17,21H2,1-3H3,(H,37,39)(H,40,41). The van der Waals surface area contributed by atoms with Crippen LogP contribution in [0.3, 0.4) is 0 Å². The van der Waals surface area contributed by atoms with Crippen LogP contribution in [0.4, 0.5) is 0 Å². The van der Waals surface area contributed by atoms with Crippen LogP contribution in [-0.4, -0.2) is 27.7 Å². The monoisotopic (exact) mass is 558 g/mol. The predicted molar refractivity (Wildman–Crippen MR) is 165 cm³/mol. The van der Waals surface area contributed by atoms with Gasteiger partial charge in [0.1, 0.15) is 5.75 Å². The van der Waals surface area contributed by atoms with Crippen LogP contribution in [0.15, 0.2) is 91.0 Å². The Hall–Kier alpha value is -4.84. The van der Waals surface area contributed by atoms with Crippen molar-refractivity contribution in [1.82, 2.24) is 9.88 Å². The number of carboxylic acid groups (broad SMARTS) is 1. The van der Waals surface area contributed by atoms with E-state index in [2.05, 4.69) is 23.7 Å². The minimum absolute atomic E-state index is 0.111. The predicted octanol–water partition coefficient (Wildman–Crippen LogP) is 7.70. The van der Waals surface area contributed by atoms with Gasteiger partial charge in [0.15, 0.2) is 0 Å². The first-order valence-corrected chi connectivity index (χ1v) is 14.4. The molecule has 1 saturated carbocycles. The summed E-state index contributed by atoms with van der Waals surface area (Å²) in [5, 5.41) is 13.8. The molecule has 1 heterocycles. The molecule has 0 spiro atoms. The van der Waals surface area contributed by atoms with Crippen LogP contribution in [0.25, 0.3) is 22.0 Å². The van der Waals surface area contributed by atoms with E-state index in [4.69, 9.17) is 4.74 Å². The Morgan fingerprint density at radius 3 is 2.45 bits per heavy atom. The third kappa shape index (κ3) is 5.53. The molecule has 0 aliphatic heterocycles. The van der Waals surface area contributed by atoms with Crippen molar-refractivity contribution in [3.05, 3.63) is 125 Å². The average Bonchev–Trinajstić information content (AvgIpc) is 3.79. The van der Waals surface area contributed by atoms with Crippen LogP contribution < -0.4 is 10.1 Å². The molecule has 1 aromatic heterocycles. The Morgan fingerprint density at radius 1 is 0.952 bits per heavy atom. The summed E-state index contributed by atoms with van der Waals surface area (Å²) in [6.07, 6.45) is 2.54. The number of carbonyl (C=O) groups excluding carboxylic acids is 1. The SMILES string of the molecule is Cc1c(C)n(Cc2ccc(-c3ccccc3C(=O)O)cc2)c2ccc(C(=O)NC(C)c3cccc(OC4CC4)c3)cc12. The van der Waals surface area contributed by atoms with Crippen LogP contribution in [0.2, 0.25) is 0 Å². The van der Waals surface area contributed by atoms with Gasteiger partial charge in [-0.25, -0.2) is 4.79 Å². The fraction of sp³-hybridized carbons (Fsp3) is 0.222. The van der Waals surface area contributed by atoms with Crippen molar-refractivity contribution in [2.45, 2.75) is 52.3 Å². The highest BCUT2D eigenvalue weighted by molar-refractivity contribution is 5.99. The van der Waals surface area contributed by atoms with Crippen LogP contribution in [0.5, 0.6) is 5.75 Å². The number of ether oxygens (including phenoxy) is 1. The van der Waals surface area contributed by atoms with Crippen molar-refractivity contribution < 1.29 is 19.4 Å². The van der Waals surface area contributed by atoms with Gasteiger partial charge in [-0.2, -0.15) is 0 Å². The Morgan fingerprint density at radius 2 is 1.71 bits per heavy atom. The lowest BCUT2D eigenvalue weighted by Gasteiger charge is -2.16. The van der Waals surface area contributed by atoms with E-state index in [-0.39, 0.29) is 11.9 Å². The van der Waals surface area contributed by atoms with Gasteiger partial charge in [-0.3, -0.25) is 4.79 Å². The van der Waals surface area contributed by atoms with E-state index in [1.807, 2.05) is 85.8 Å². The number of benzene rings is 4. The summed E-state index contributed by atoms with van der Waals surface area (Å²) < 4.78 is 8.19. The van der Waals surface area contributed by atoms with Gasteiger partial charge < -0.3 is 19.7 Å². The van der Waals surface area contributed by atoms with Crippen LogP contribution in [0, 0.1) is 13.8 Å². The molecule has 1 amide bonds. The molecule has 42 heavy (non-hydrogen) atoms. The second-order valence-corrected chi connectivity index (χ2v) is 11.2. The van der Waals surface area contributed by atoms with E-state index in [1.54, 1.807) is 12.1 Å². The second-order valence-electron chi connectivity index (χ2n) is 11.2. The quantitative estimate of drug-likeness (QED) is 0.194. The number of nitrogens with zero attached hydrogens (tertiary/aromatic N) is 1. The number of nitrogens with one attached hydrogen (secondary N) is 1. The third-order valence-electron chi connectivity index (χ3n) is 8.20. The molecular weight excluding hydrogens is 524 g/mol. The molecule has 1 unspecified atom stereocenters. The zero-order valence-corrected chi connectivity index (χ0v) is 24.1. The Kier molecular flexibility index (Phi) is 7.29. The molecule has 4 aromatic carbocycles. The summed E-state index contributed by atoms with van der Waals surface area (Å²) in [6, 6.07) is 28.8. The van der Waals surface area contributed by atoms with Crippen molar-refractivity contribution in [2.24, 2.45) is 0 Å². The van der Waals surface area contributed by atoms with Crippen LogP contribution in [-0.2, 0) is 6.54 Å². The van der Waals surface area contributed by atoms with E-state index in [1.165, 1.54) is 0 Å². The number of hydrogen-bond donors (Lipinski definition) is 2. The molecule has 0 bridgehead atoms. The summed E-state index contributed by atoms with van der Waals surface area (Å²) in [5.74, 6) is -0.195. The molecule has 1 aliphatic rings. The number of amides is 1. The maximum absolute atomic E-state index is 13.3. The van der Waals surface area contributed by atoms with E-state index >= 15 is 0 Å². The topological polar surface area (TPSA) is 80.6 Å². The average molecular weight is 559 g/mol. The van der Waals surface area contributed by atoms with Gasteiger partial charge >= 0.3 is 5.97 Å². The number of carboxylic acids is 1. The number of aromatic nitrogens is 1.